The molecule has 3 atom stereocenters. The van der Waals surface area contributed by atoms with Gasteiger partial charge in [0.1, 0.15) is 5.60 Å². The minimum Gasteiger partial charge on any atom is -0.444 e. The minimum absolute atomic E-state index is 0.0109. The highest BCUT2D eigenvalue weighted by atomic mass is 16.6. The van der Waals surface area contributed by atoms with Crippen LogP contribution in [0.1, 0.15) is 41.0 Å². The Labute approximate surface area is 120 Å². The van der Waals surface area contributed by atoms with Crippen LogP contribution in [0.4, 0.5) is 4.79 Å². The Balaban J connectivity index is 2.13. The Bertz CT molecular complexity index is 418. The topological polar surface area (TPSA) is 70.7 Å². The molecule has 6 heteroatoms. The lowest BCUT2D eigenvalue weighted by Crippen LogP contribution is -2.61. The summed E-state index contributed by atoms with van der Waals surface area (Å²) in [5.74, 6) is 0.150. The van der Waals surface area contributed by atoms with E-state index in [4.69, 9.17) is 4.74 Å². The summed E-state index contributed by atoms with van der Waals surface area (Å²) in [6.45, 7) is 10.7. The number of likely N-dealkylation sites (tertiary alicyclic amines) is 1. The Morgan fingerprint density at radius 3 is 2.55 bits per heavy atom. The number of hydrogen-bond acceptors (Lipinski definition) is 4. The summed E-state index contributed by atoms with van der Waals surface area (Å²) < 4.78 is 5.44. The summed E-state index contributed by atoms with van der Waals surface area (Å²) in [5.41, 5.74) is 4.90. The lowest BCUT2D eigenvalue weighted by molar-refractivity contribution is -0.123. The first kappa shape index (κ1) is 15.1. The molecule has 6 nitrogen and oxygen atoms in total. The summed E-state index contributed by atoms with van der Waals surface area (Å²) in [6, 6.07) is 0. The number of amides is 2. The van der Waals surface area contributed by atoms with Gasteiger partial charge in [-0.05, 0) is 33.1 Å². The van der Waals surface area contributed by atoms with Crippen LogP contribution in [0.25, 0.3) is 0 Å². The molecular weight excluding hydrogens is 258 g/mol. The first-order valence-corrected chi connectivity index (χ1v) is 7.18. The molecule has 0 bridgehead atoms. The van der Waals surface area contributed by atoms with Crippen molar-refractivity contribution >= 4 is 12.0 Å². The van der Waals surface area contributed by atoms with Gasteiger partial charge in [0.25, 0.3) is 0 Å². The van der Waals surface area contributed by atoms with Crippen molar-refractivity contribution in [1.82, 2.24) is 15.8 Å². The van der Waals surface area contributed by atoms with Gasteiger partial charge in [-0.2, -0.15) is 0 Å². The molecule has 2 N–H and O–H groups in total. The van der Waals surface area contributed by atoms with Gasteiger partial charge in [0.2, 0.25) is 5.91 Å². The van der Waals surface area contributed by atoms with Gasteiger partial charge in [0, 0.05) is 13.1 Å². The number of ether oxygens (including phenoxy) is 1. The molecule has 2 saturated heterocycles. The van der Waals surface area contributed by atoms with E-state index < -0.39 is 5.60 Å². The average molecular weight is 283 g/mol. The van der Waals surface area contributed by atoms with E-state index in [1.807, 2.05) is 27.7 Å². The highest BCUT2D eigenvalue weighted by molar-refractivity contribution is 5.82. The molecular formula is C14H25N3O3. The first-order valence-electron chi connectivity index (χ1n) is 7.18. The van der Waals surface area contributed by atoms with Gasteiger partial charge in [-0.1, -0.05) is 13.8 Å². The van der Waals surface area contributed by atoms with Crippen molar-refractivity contribution in [2.75, 3.05) is 13.1 Å². The normalized spacial score (nSPS) is 34.2. The fourth-order valence-corrected chi connectivity index (χ4v) is 3.06. The van der Waals surface area contributed by atoms with Gasteiger partial charge < -0.3 is 9.64 Å². The van der Waals surface area contributed by atoms with Crippen LogP contribution in [0.5, 0.6) is 0 Å². The van der Waals surface area contributed by atoms with E-state index in [0.717, 1.165) is 6.42 Å². The van der Waals surface area contributed by atoms with E-state index in [2.05, 4.69) is 17.8 Å². The molecule has 2 aliphatic rings. The highest BCUT2D eigenvalue weighted by Gasteiger charge is 2.50. The van der Waals surface area contributed by atoms with E-state index >= 15 is 0 Å². The zero-order chi connectivity index (χ0) is 15.1. The molecule has 0 radical (unpaired) electrons. The molecule has 2 amide bonds. The zero-order valence-electron chi connectivity index (χ0n) is 12.9. The molecule has 114 valence electrons. The van der Waals surface area contributed by atoms with Crippen LogP contribution < -0.4 is 10.9 Å². The van der Waals surface area contributed by atoms with Crippen molar-refractivity contribution in [1.29, 1.82) is 0 Å². The summed E-state index contributed by atoms with van der Waals surface area (Å²) in [7, 11) is 0. The minimum atomic E-state index is -0.506. The predicted octanol–water partition coefficient (Wildman–Crippen LogP) is 1.27. The number of nitrogens with zero attached hydrogens (tertiary/aromatic N) is 1. The van der Waals surface area contributed by atoms with Gasteiger partial charge in [-0.25, -0.2) is 10.2 Å². The number of hydrogen-bond donors (Lipinski definition) is 2. The van der Waals surface area contributed by atoms with E-state index in [-0.39, 0.29) is 23.5 Å². The molecule has 2 aliphatic heterocycles. The molecule has 0 aromatic rings. The maximum absolute atomic E-state index is 12.3. The van der Waals surface area contributed by atoms with Crippen molar-refractivity contribution in [3.05, 3.63) is 0 Å². The van der Waals surface area contributed by atoms with E-state index in [0.29, 0.717) is 19.0 Å². The summed E-state index contributed by atoms with van der Waals surface area (Å²) in [6.07, 6.45) is 0.559. The maximum Gasteiger partial charge on any atom is 0.410 e. The van der Waals surface area contributed by atoms with Gasteiger partial charge in [0.15, 0.2) is 0 Å². The number of piperidine rings is 1. The van der Waals surface area contributed by atoms with Crippen LogP contribution in [0.3, 0.4) is 0 Å². The smallest absolute Gasteiger partial charge is 0.410 e. The van der Waals surface area contributed by atoms with Gasteiger partial charge in [0.05, 0.1) is 11.5 Å². The Hall–Kier alpha value is -1.30. The molecule has 2 rings (SSSR count). The lowest BCUT2D eigenvalue weighted by Gasteiger charge is -2.44. The fourth-order valence-electron chi connectivity index (χ4n) is 3.06. The summed E-state index contributed by atoms with van der Waals surface area (Å²) in [5, 5.41) is 0. The lowest BCUT2D eigenvalue weighted by atomic mass is 9.76. The van der Waals surface area contributed by atoms with E-state index in [1.165, 1.54) is 0 Å². The van der Waals surface area contributed by atoms with Crippen LogP contribution in [0, 0.1) is 11.8 Å². The Kier molecular flexibility index (Phi) is 3.71. The van der Waals surface area contributed by atoms with Crippen LogP contribution in [0.2, 0.25) is 0 Å². The standard InChI is InChI=1S/C14H25N3O3/c1-9-6-14(10(2)11(18)15-16-14)8-17(7-9)12(19)20-13(3,4)5/h9-10,16H,6-8H2,1-5H3,(H,15,18). The number of nitrogens with one attached hydrogen (secondary N) is 2. The quantitative estimate of drug-likeness (QED) is 0.702. The van der Waals surface area contributed by atoms with Gasteiger partial charge in [-0.15, -0.1) is 0 Å². The monoisotopic (exact) mass is 283 g/mol. The second-order valence-corrected chi connectivity index (χ2v) is 7.16. The SMILES string of the molecule is CC1CN(C(=O)OC(C)(C)C)CC2(C1)NNC(=O)C2C. The van der Waals surface area contributed by atoms with Crippen molar-refractivity contribution in [3.63, 3.8) is 0 Å². The number of hydrazine groups is 1. The van der Waals surface area contributed by atoms with Crippen LogP contribution in [0.15, 0.2) is 0 Å². The zero-order valence-corrected chi connectivity index (χ0v) is 12.9. The van der Waals surface area contributed by atoms with Crippen molar-refractivity contribution in [3.8, 4) is 0 Å². The highest BCUT2D eigenvalue weighted by Crippen LogP contribution is 2.34. The average Bonchev–Trinajstić information content (AvgIpc) is 2.55. The molecule has 2 fully saturated rings. The van der Waals surface area contributed by atoms with Crippen LogP contribution >= 0.6 is 0 Å². The molecule has 0 saturated carbocycles. The summed E-state index contributed by atoms with van der Waals surface area (Å²) >= 11 is 0. The van der Waals surface area contributed by atoms with Crippen LogP contribution in [-0.4, -0.2) is 41.1 Å². The molecule has 20 heavy (non-hydrogen) atoms. The maximum atomic E-state index is 12.3. The van der Waals surface area contributed by atoms with Gasteiger partial charge >= 0.3 is 6.09 Å². The molecule has 1 spiro atoms. The van der Waals surface area contributed by atoms with Crippen molar-refractivity contribution in [2.45, 2.75) is 52.2 Å². The number of rotatable bonds is 0. The van der Waals surface area contributed by atoms with E-state index in [1.54, 1.807) is 4.90 Å². The molecule has 3 unspecified atom stereocenters. The summed E-state index contributed by atoms with van der Waals surface area (Å²) in [4.78, 5) is 25.7. The molecule has 2 heterocycles. The van der Waals surface area contributed by atoms with Crippen molar-refractivity contribution < 1.29 is 14.3 Å². The second kappa shape index (κ2) is 4.91. The Morgan fingerprint density at radius 2 is 2.05 bits per heavy atom. The van der Waals surface area contributed by atoms with Crippen LogP contribution in [-0.2, 0) is 9.53 Å². The first-order chi connectivity index (χ1) is 9.13. The third-order valence-corrected chi connectivity index (χ3v) is 4.03. The number of carbonyl (C=O) groups excluding carboxylic acids is 2. The molecule has 0 aliphatic carbocycles. The second-order valence-electron chi connectivity index (χ2n) is 7.16. The third kappa shape index (κ3) is 2.90. The third-order valence-electron chi connectivity index (χ3n) is 4.03. The largest absolute Gasteiger partial charge is 0.444 e. The van der Waals surface area contributed by atoms with E-state index in [9.17, 15) is 9.59 Å². The fraction of sp³-hybridized carbons (Fsp3) is 0.857. The Morgan fingerprint density at radius 1 is 1.40 bits per heavy atom. The van der Waals surface area contributed by atoms with Gasteiger partial charge in [-0.3, -0.25) is 10.2 Å². The number of carbonyl (C=O) groups is 2. The predicted molar refractivity (Wildman–Crippen MR) is 74.8 cm³/mol. The molecule has 0 aromatic heterocycles. The molecule has 0 aromatic carbocycles. The van der Waals surface area contributed by atoms with Crippen molar-refractivity contribution in [2.24, 2.45) is 11.8 Å².